The van der Waals surface area contributed by atoms with Crippen LogP contribution in [0.4, 0.5) is 0 Å². The number of carbonyl (C=O) groups is 1. The van der Waals surface area contributed by atoms with Crippen molar-refractivity contribution < 1.29 is 14.6 Å². The Morgan fingerprint density at radius 1 is 1.30 bits per heavy atom. The number of carboxylic acid groups (broad SMARTS) is 1. The van der Waals surface area contributed by atoms with Gasteiger partial charge in [0.25, 0.3) is 0 Å². The van der Waals surface area contributed by atoms with Crippen LogP contribution in [0.1, 0.15) is 30.4 Å². The highest BCUT2D eigenvalue weighted by molar-refractivity contribution is 5.82. The number of nitrogens with zero attached hydrogens (tertiary/aromatic N) is 2. The van der Waals surface area contributed by atoms with E-state index in [9.17, 15) is 9.90 Å². The fraction of sp³-hybridized carbons (Fsp3) is 0.389. The van der Waals surface area contributed by atoms with Crippen LogP contribution < -0.4 is 4.74 Å². The average molecular weight is 312 g/mol. The molecule has 5 nitrogen and oxygen atoms in total. The fourth-order valence-corrected chi connectivity index (χ4v) is 3.23. The third kappa shape index (κ3) is 2.46. The SMILES string of the molecule is Cc1ncc(OC[C@@]2(c3ccccc3)C[C@@]2(C)C(=O)O)c(C)n1. The molecule has 2 aromatic rings. The van der Waals surface area contributed by atoms with Crippen LogP contribution in [-0.4, -0.2) is 27.7 Å². The van der Waals surface area contributed by atoms with Gasteiger partial charge in [-0.15, -0.1) is 0 Å². The molecule has 1 aliphatic carbocycles. The molecule has 0 bridgehead atoms. The Labute approximate surface area is 135 Å². The summed E-state index contributed by atoms with van der Waals surface area (Å²) in [5.41, 5.74) is 0.430. The van der Waals surface area contributed by atoms with Crippen molar-refractivity contribution in [3.05, 3.63) is 53.6 Å². The van der Waals surface area contributed by atoms with Crippen LogP contribution in [0.2, 0.25) is 0 Å². The van der Waals surface area contributed by atoms with Crippen LogP contribution in [0.3, 0.4) is 0 Å². The Kier molecular flexibility index (Phi) is 3.59. The van der Waals surface area contributed by atoms with Gasteiger partial charge >= 0.3 is 5.97 Å². The van der Waals surface area contributed by atoms with Crippen LogP contribution in [-0.2, 0) is 10.2 Å². The van der Waals surface area contributed by atoms with E-state index in [-0.39, 0.29) is 0 Å². The molecule has 2 atom stereocenters. The topological polar surface area (TPSA) is 72.3 Å². The van der Waals surface area contributed by atoms with E-state index in [0.717, 1.165) is 11.3 Å². The van der Waals surface area contributed by atoms with E-state index in [1.54, 1.807) is 13.1 Å². The molecule has 0 spiro atoms. The van der Waals surface area contributed by atoms with Gasteiger partial charge in [0.15, 0.2) is 5.75 Å². The van der Waals surface area contributed by atoms with E-state index in [1.807, 2.05) is 44.2 Å². The largest absolute Gasteiger partial charge is 0.489 e. The molecule has 1 saturated carbocycles. The molecular formula is C18H20N2O3. The lowest BCUT2D eigenvalue weighted by atomic mass is 9.87. The number of aryl methyl sites for hydroxylation is 2. The van der Waals surface area contributed by atoms with Gasteiger partial charge in [0.05, 0.1) is 23.9 Å². The summed E-state index contributed by atoms with van der Waals surface area (Å²) in [7, 11) is 0. The zero-order valence-electron chi connectivity index (χ0n) is 13.5. The second-order valence-corrected chi connectivity index (χ2v) is 6.42. The normalized spacial score (nSPS) is 25.9. The van der Waals surface area contributed by atoms with Gasteiger partial charge in [-0.1, -0.05) is 30.3 Å². The molecule has 1 heterocycles. The molecule has 0 radical (unpaired) electrons. The van der Waals surface area contributed by atoms with Crippen molar-refractivity contribution in [2.75, 3.05) is 6.61 Å². The van der Waals surface area contributed by atoms with Gasteiger partial charge in [-0.05, 0) is 32.8 Å². The molecule has 23 heavy (non-hydrogen) atoms. The lowest BCUT2D eigenvalue weighted by molar-refractivity contribution is -0.143. The van der Waals surface area contributed by atoms with E-state index < -0.39 is 16.8 Å². The van der Waals surface area contributed by atoms with Crippen molar-refractivity contribution in [1.82, 2.24) is 9.97 Å². The predicted molar refractivity (Wildman–Crippen MR) is 85.5 cm³/mol. The van der Waals surface area contributed by atoms with Gasteiger partial charge in [-0.25, -0.2) is 9.97 Å². The van der Waals surface area contributed by atoms with Crippen molar-refractivity contribution in [3.8, 4) is 5.75 Å². The molecule has 120 valence electrons. The molecule has 0 unspecified atom stereocenters. The van der Waals surface area contributed by atoms with Gasteiger partial charge < -0.3 is 9.84 Å². The van der Waals surface area contributed by atoms with Crippen LogP contribution >= 0.6 is 0 Å². The van der Waals surface area contributed by atoms with E-state index in [1.165, 1.54) is 0 Å². The molecule has 0 saturated heterocycles. The van der Waals surface area contributed by atoms with Crippen LogP contribution in [0.15, 0.2) is 36.5 Å². The fourth-order valence-electron chi connectivity index (χ4n) is 3.23. The number of ether oxygens (including phenoxy) is 1. The number of carboxylic acids is 1. The lowest BCUT2D eigenvalue weighted by Crippen LogP contribution is -2.29. The van der Waals surface area contributed by atoms with Crippen molar-refractivity contribution in [2.24, 2.45) is 5.41 Å². The van der Waals surface area contributed by atoms with Gasteiger partial charge in [0, 0.05) is 5.41 Å². The first-order valence-electron chi connectivity index (χ1n) is 7.61. The summed E-state index contributed by atoms with van der Waals surface area (Å²) in [6, 6.07) is 9.72. The molecule has 1 aliphatic rings. The number of aromatic nitrogens is 2. The third-order valence-electron chi connectivity index (χ3n) is 4.91. The van der Waals surface area contributed by atoms with Gasteiger partial charge in [-0.3, -0.25) is 4.79 Å². The summed E-state index contributed by atoms with van der Waals surface area (Å²) in [5, 5.41) is 9.62. The maximum Gasteiger partial charge on any atom is 0.310 e. The van der Waals surface area contributed by atoms with Crippen molar-refractivity contribution in [3.63, 3.8) is 0 Å². The maximum absolute atomic E-state index is 11.7. The van der Waals surface area contributed by atoms with Crippen molar-refractivity contribution in [2.45, 2.75) is 32.6 Å². The number of benzene rings is 1. The van der Waals surface area contributed by atoms with E-state index in [4.69, 9.17) is 4.74 Å². The molecule has 5 heteroatoms. The number of rotatable bonds is 5. The molecule has 1 fully saturated rings. The molecule has 1 N–H and O–H groups in total. The Morgan fingerprint density at radius 2 is 2.00 bits per heavy atom. The second kappa shape index (κ2) is 5.33. The summed E-state index contributed by atoms with van der Waals surface area (Å²) in [6.07, 6.45) is 2.21. The highest BCUT2D eigenvalue weighted by Crippen LogP contribution is 2.64. The minimum absolute atomic E-state index is 0.299. The first-order chi connectivity index (χ1) is 10.9. The quantitative estimate of drug-likeness (QED) is 0.919. The van der Waals surface area contributed by atoms with Crippen LogP contribution in [0, 0.1) is 19.3 Å². The predicted octanol–water partition coefficient (Wildman–Crippen LogP) is 2.90. The zero-order valence-corrected chi connectivity index (χ0v) is 13.5. The first-order valence-corrected chi connectivity index (χ1v) is 7.61. The number of hydrogen-bond acceptors (Lipinski definition) is 4. The molecule has 1 aromatic heterocycles. The zero-order chi connectivity index (χ0) is 16.7. The Morgan fingerprint density at radius 3 is 2.57 bits per heavy atom. The van der Waals surface area contributed by atoms with Crippen LogP contribution in [0.25, 0.3) is 0 Å². The van der Waals surface area contributed by atoms with Crippen LogP contribution in [0.5, 0.6) is 5.75 Å². The maximum atomic E-state index is 11.7. The van der Waals surface area contributed by atoms with Gasteiger partial charge in [0.2, 0.25) is 0 Å². The van der Waals surface area contributed by atoms with E-state index in [0.29, 0.717) is 24.6 Å². The minimum atomic E-state index is -0.812. The Hall–Kier alpha value is -2.43. The first kappa shape index (κ1) is 15.5. The summed E-state index contributed by atoms with van der Waals surface area (Å²) in [4.78, 5) is 20.2. The number of aliphatic carboxylic acids is 1. The lowest BCUT2D eigenvalue weighted by Gasteiger charge is -2.22. The summed E-state index contributed by atoms with van der Waals surface area (Å²) < 4.78 is 5.93. The standard InChI is InChI=1S/C18H20N2O3/c1-12-15(9-19-13(2)20-12)23-11-18(10-17(18,3)16(21)22)14-7-5-4-6-8-14/h4-9H,10-11H2,1-3H3,(H,21,22)/t17-,18+/m0/s1. The molecule has 0 amide bonds. The Balaban J connectivity index is 1.89. The molecule has 1 aromatic carbocycles. The van der Waals surface area contributed by atoms with Crippen molar-refractivity contribution in [1.29, 1.82) is 0 Å². The molecule has 0 aliphatic heterocycles. The summed E-state index contributed by atoms with van der Waals surface area (Å²) in [6.45, 7) is 5.77. The van der Waals surface area contributed by atoms with E-state index in [2.05, 4.69) is 9.97 Å². The third-order valence-corrected chi connectivity index (χ3v) is 4.91. The monoisotopic (exact) mass is 312 g/mol. The number of hydrogen-bond donors (Lipinski definition) is 1. The summed E-state index contributed by atoms with van der Waals surface area (Å²) >= 11 is 0. The smallest absolute Gasteiger partial charge is 0.310 e. The minimum Gasteiger partial charge on any atom is -0.489 e. The highest BCUT2D eigenvalue weighted by atomic mass is 16.5. The highest BCUT2D eigenvalue weighted by Gasteiger charge is 2.70. The molecule has 3 rings (SSSR count). The molecular weight excluding hydrogens is 292 g/mol. The van der Waals surface area contributed by atoms with Gasteiger partial charge in [0.1, 0.15) is 5.82 Å². The average Bonchev–Trinajstić information content (AvgIpc) is 3.15. The second-order valence-electron chi connectivity index (χ2n) is 6.42. The van der Waals surface area contributed by atoms with E-state index >= 15 is 0 Å². The Bertz CT molecular complexity index is 747. The summed E-state index contributed by atoms with van der Waals surface area (Å²) in [5.74, 6) is 0.502. The van der Waals surface area contributed by atoms with Gasteiger partial charge in [-0.2, -0.15) is 0 Å². The van der Waals surface area contributed by atoms with Crippen molar-refractivity contribution >= 4 is 5.97 Å².